The van der Waals surface area contributed by atoms with E-state index in [4.69, 9.17) is 9.47 Å². The number of methoxy groups -OCH3 is 1. The lowest BCUT2D eigenvalue weighted by Gasteiger charge is -2.15. The predicted octanol–water partition coefficient (Wildman–Crippen LogP) is 3.82. The smallest absolute Gasteiger partial charge is 0.265 e. The molecule has 1 N–H and O–H groups in total. The highest BCUT2D eigenvalue weighted by Crippen LogP contribution is 2.21. The zero-order valence-corrected chi connectivity index (χ0v) is 13.6. The van der Waals surface area contributed by atoms with Crippen molar-refractivity contribution in [3.8, 4) is 11.5 Å². The molecule has 0 heterocycles. The summed E-state index contributed by atoms with van der Waals surface area (Å²) in [6, 6.07) is 14.9. The molecule has 0 spiro atoms. The van der Waals surface area contributed by atoms with Crippen molar-refractivity contribution in [2.24, 2.45) is 0 Å². The van der Waals surface area contributed by atoms with Crippen molar-refractivity contribution in [1.29, 1.82) is 0 Å². The van der Waals surface area contributed by atoms with Crippen molar-refractivity contribution in [1.82, 2.24) is 0 Å². The third-order valence-electron chi connectivity index (χ3n) is 3.08. The van der Waals surface area contributed by atoms with E-state index in [1.54, 1.807) is 37.9 Å². The minimum Gasteiger partial charge on any atom is -0.497 e. The molecule has 1 amide bonds. The summed E-state index contributed by atoms with van der Waals surface area (Å²) in [4.78, 5) is 13.3. The van der Waals surface area contributed by atoms with Gasteiger partial charge in [0.05, 0.1) is 7.11 Å². The Labute approximate surface area is 134 Å². The first-order chi connectivity index (χ1) is 10.6. The summed E-state index contributed by atoms with van der Waals surface area (Å²) < 4.78 is 10.8. The maximum absolute atomic E-state index is 12.2. The van der Waals surface area contributed by atoms with Crippen LogP contribution in [0, 0.1) is 0 Å². The number of benzene rings is 2. The number of carbonyl (C=O) groups is 1. The fourth-order valence-electron chi connectivity index (χ4n) is 1.86. The number of hydrogen-bond acceptors (Lipinski definition) is 4. The molecule has 116 valence electrons. The number of hydrogen-bond donors (Lipinski definition) is 1. The van der Waals surface area contributed by atoms with Crippen LogP contribution in [0.3, 0.4) is 0 Å². The van der Waals surface area contributed by atoms with E-state index in [-0.39, 0.29) is 5.91 Å². The van der Waals surface area contributed by atoms with E-state index < -0.39 is 6.10 Å². The Morgan fingerprint density at radius 3 is 2.50 bits per heavy atom. The molecule has 0 fully saturated rings. The fourth-order valence-corrected chi connectivity index (χ4v) is 2.26. The zero-order chi connectivity index (χ0) is 15.9. The van der Waals surface area contributed by atoms with Gasteiger partial charge in [-0.05, 0) is 49.6 Å². The SMILES string of the molecule is COc1cccc(NC(=O)C(C)Oc2ccc(SC)cc2)c1. The monoisotopic (exact) mass is 317 g/mol. The van der Waals surface area contributed by atoms with Gasteiger partial charge in [-0.2, -0.15) is 0 Å². The molecule has 2 aromatic carbocycles. The van der Waals surface area contributed by atoms with Gasteiger partial charge in [-0.25, -0.2) is 0 Å². The van der Waals surface area contributed by atoms with Crippen LogP contribution in [-0.2, 0) is 4.79 Å². The van der Waals surface area contributed by atoms with Crippen LogP contribution in [-0.4, -0.2) is 25.4 Å². The van der Waals surface area contributed by atoms with E-state index >= 15 is 0 Å². The highest BCUT2D eigenvalue weighted by molar-refractivity contribution is 7.98. The highest BCUT2D eigenvalue weighted by Gasteiger charge is 2.15. The van der Waals surface area contributed by atoms with Crippen LogP contribution >= 0.6 is 11.8 Å². The lowest BCUT2D eigenvalue weighted by atomic mass is 10.2. The Hall–Kier alpha value is -2.14. The van der Waals surface area contributed by atoms with E-state index in [0.29, 0.717) is 17.2 Å². The van der Waals surface area contributed by atoms with Crippen LogP contribution in [0.1, 0.15) is 6.92 Å². The molecular formula is C17H19NO3S. The van der Waals surface area contributed by atoms with Crippen LogP contribution < -0.4 is 14.8 Å². The average Bonchev–Trinajstić information content (AvgIpc) is 2.55. The van der Waals surface area contributed by atoms with Gasteiger partial charge in [0.25, 0.3) is 5.91 Å². The molecule has 0 aliphatic heterocycles. The van der Waals surface area contributed by atoms with Crippen LogP contribution in [0.5, 0.6) is 11.5 Å². The molecule has 5 heteroatoms. The van der Waals surface area contributed by atoms with E-state index in [9.17, 15) is 4.79 Å². The van der Waals surface area contributed by atoms with Crippen LogP contribution in [0.15, 0.2) is 53.4 Å². The molecule has 1 atom stereocenters. The van der Waals surface area contributed by atoms with Crippen molar-refractivity contribution in [3.63, 3.8) is 0 Å². The number of rotatable bonds is 6. The Morgan fingerprint density at radius 1 is 1.14 bits per heavy atom. The lowest BCUT2D eigenvalue weighted by Crippen LogP contribution is -2.30. The van der Waals surface area contributed by atoms with Crippen LogP contribution in [0.2, 0.25) is 0 Å². The van der Waals surface area contributed by atoms with Crippen molar-refractivity contribution in [3.05, 3.63) is 48.5 Å². The number of amides is 1. The Morgan fingerprint density at radius 2 is 1.86 bits per heavy atom. The summed E-state index contributed by atoms with van der Waals surface area (Å²) in [6.45, 7) is 1.72. The zero-order valence-electron chi connectivity index (χ0n) is 12.8. The molecule has 2 rings (SSSR count). The van der Waals surface area contributed by atoms with Gasteiger partial charge in [-0.1, -0.05) is 6.07 Å². The molecule has 0 aliphatic rings. The maximum atomic E-state index is 12.2. The molecule has 1 unspecified atom stereocenters. The highest BCUT2D eigenvalue weighted by atomic mass is 32.2. The fraction of sp³-hybridized carbons (Fsp3) is 0.235. The van der Waals surface area contributed by atoms with Crippen molar-refractivity contribution in [2.75, 3.05) is 18.7 Å². The minimum absolute atomic E-state index is 0.206. The van der Waals surface area contributed by atoms with E-state index in [1.165, 1.54) is 0 Å². The minimum atomic E-state index is -0.591. The Bertz CT molecular complexity index is 628. The standard InChI is InChI=1S/C17H19NO3S/c1-12(21-14-7-9-16(22-3)10-8-14)17(19)18-13-5-4-6-15(11-13)20-2/h4-12H,1-3H3,(H,18,19). The van der Waals surface area contributed by atoms with Gasteiger partial charge in [0, 0.05) is 16.6 Å². The molecule has 4 nitrogen and oxygen atoms in total. The van der Waals surface area contributed by atoms with Crippen molar-refractivity contribution in [2.45, 2.75) is 17.9 Å². The first-order valence-corrected chi connectivity index (χ1v) is 8.10. The summed E-state index contributed by atoms with van der Waals surface area (Å²) in [6.07, 6.45) is 1.42. The van der Waals surface area contributed by atoms with Gasteiger partial charge in [0.1, 0.15) is 11.5 Å². The maximum Gasteiger partial charge on any atom is 0.265 e. The topological polar surface area (TPSA) is 47.6 Å². The molecular weight excluding hydrogens is 298 g/mol. The first kappa shape index (κ1) is 16.2. The summed E-state index contributed by atoms with van der Waals surface area (Å²) in [5.74, 6) is 1.16. The molecule has 0 bridgehead atoms. The van der Waals surface area contributed by atoms with Gasteiger partial charge in [0.2, 0.25) is 0 Å². The number of anilines is 1. The van der Waals surface area contributed by atoms with Crippen molar-refractivity contribution < 1.29 is 14.3 Å². The lowest BCUT2D eigenvalue weighted by molar-refractivity contribution is -0.122. The number of carbonyl (C=O) groups excluding carboxylic acids is 1. The summed E-state index contributed by atoms with van der Waals surface area (Å²) in [5, 5.41) is 2.81. The second kappa shape index (κ2) is 7.75. The molecule has 0 saturated carbocycles. The van der Waals surface area contributed by atoms with Gasteiger partial charge in [-0.3, -0.25) is 4.79 Å². The number of thioether (sulfide) groups is 1. The van der Waals surface area contributed by atoms with E-state index in [1.807, 2.05) is 42.7 Å². The molecule has 2 aromatic rings. The van der Waals surface area contributed by atoms with Gasteiger partial charge < -0.3 is 14.8 Å². The normalized spacial score (nSPS) is 11.6. The number of nitrogens with one attached hydrogen (secondary N) is 1. The second-order valence-corrected chi connectivity index (χ2v) is 5.54. The third kappa shape index (κ3) is 4.43. The molecule has 22 heavy (non-hydrogen) atoms. The largest absolute Gasteiger partial charge is 0.497 e. The van der Waals surface area contributed by atoms with Gasteiger partial charge in [-0.15, -0.1) is 11.8 Å². The van der Waals surface area contributed by atoms with Crippen LogP contribution in [0.25, 0.3) is 0 Å². The molecule has 0 aromatic heterocycles. The summed E-state index contributed by atoms with van der Waals surface area (Å²) in [5.41, 5.74) is 0.678. The third-order valence-corrected chi connectivity index (χ3v) is 3.82. The van der Waals surface area contributed by atoms with E-state index in [2.05, 4.69) is 5.32 Å². The summed E-state index contributed by atoms with van der Waals surface area (Å²) >= 11 is 1.66. The van der Waals surface area contributed by atoms with Crippen LogP contribution in [0.4, 0.5) is 5.69 Å². The Balaban J connectivity index is 1.96. The van der Waals surface area contributed by atoms with E-state index in [0.717, 1.165) is 4.90 Å². The average molecular weight is 317 g/mol. The number of ether oxygens (including phenoxy) is 2. The van der Waals surface area contributed by atoms with Gasteiger partial charge >= 0.3 is 0 Å². The summed E-state index contributed by atoms with van der Waals surface area (Å²) in [7, 11) is 1.59. The Kier molecular flexibility index (Phi) is 5.72. The molecule has 0 radical (unpaired) electrons. The first-order valence-electron chi connectivity index (χ1n) is 6.88. The van der Waals surface area contributed by atoms with Gasteiger partial charge in [0.15, 0.2) is 6.10 Å². The quantitative estimate of drug-likeness (QED) is 0.823. The molecule has 0 aliphatic carbocycles. The second-order valence-electron chi connectivity index (χ2n) is 4.66. The van der Waals surface area contributed by atoms with Crippen molar-refractivity contribution >= 4 is 23.4 Å². The molecule has 0 saturated heterocycles. The predicted molar refractivity (Wildman–Crippen MR) is 89.9 cm³/mol.